The van der Waals surface area contributed by atoms with Gasteiger partial charge in [-0.3, -0.25) is 15.0 Å². The fourth-order valence-electron chi connectivity index (χ4n) is 5.06. The summed E-state index contributed by atoms with van der Waals surface area (Å²) in [6.07, 6.45) is 1.99. The molecule has 0 radical (unpaired) electrons. The molecule has 7 nitrogen and oxygen atoms in total. The fraction of sp³-hybridized carbons (Fsp3) is 0.417. The third-order valence-corrected chi connectivity index (χ3v) is 6.68. The van der Waals surface area contributed by atoms with E-state index in [1.807, 2.05) is 48.5 Å². The molecule has 3 saturated heterocycles. The van der Waals surface area contributed by atoms with Crippen LogP contribution in [-0.4, -0.2) is 59.5 Å². The van der Waals surface area contributed by atoms with Crippen LogP contribution in [0.25, 0.3) is 11.1 Å². The van der Waals surface area contributed by atoms with Gasteiger partial charge in [-0.05, 0) is 30.7 Å². The number of carboxylic acids is 1. The van der Waals surface area contributed by atoms with Crippen molar-refractivity contribution in [3.63, 3.8) is 0 Å². The van der Waals surface area contributed by atoms with Crippen molar-refractivity contribution in [2.24, 2.45) is 0 Å². The van der Waals surface area contributed by atoms with E-state index < -0.39 is 12.1 Å². The first kappa shape index (κ1) is 22.6. The number of benzene rings is 2. The molecule has 1 amide bonds. The number of hydrogen-bond donors (Lipinski definition) is 2. The zero-order chi connectivity index (χ0) is 21.5. The summed E-state index contributed by atoms with van der Waals surface area (Å²) in [6.45, 7) is 0. The highest BCUT2D eigenvalue weighted by molar-refractivity contribution is 5.92. The Bertz CT molecular complexity index is 983. The number of piperidine rings is 1. The number of morpholine rings is 1. The van der Waals surface area contributed by atoms with Gasteiger partial charge in [-0.25, -0.2) is 4.79 Å². The van der Waals surface area contributed by atoms with Gasteiger partial charge in [-0.2, -0.15) is 0 Å². The highest BCUT2D eigenvalue weighted by Crippen LogP contribution is 2.48. The number of nitrogens with zero attached hydrogens (tertiary/aromatic N) is 1. The second kappa shape index (κ2) is 9.10. The third-order valence-electron chi connectivity index (χ3n) is 6.68. The van der Waals surface area contributed by atoms with Gasteiger partial charge >= 0.3 is 12.1 Å². The van der Waals surface area contributed by atoms with E-state index in [1.54, 1.807) is 0 Å². The van der Waals surface area contributed by atoms with Crippen LogP contribution in [0.4, 0.5) is 10.5 Å². The van der Waals surface area contributed by atoms with Crippen molar-refractivity contribution < 1.29 is 24.2 Å². The molecule has 0 aliphatic carbocycles. The number of likely N-dealkylation sites (N-methyl/N-ethyl adjacent to an activating group) is 1. The van der Waals surface area contributed by atoms with E-state index in [2.05, 4.69) is 17.3 Å². The van der Waals surface area contributed by atoms with Gasteiger partial charge in [-0.1, -0.05) is 42.5 Å². The molecule has 2 N–H and O–H groups in total. The van der Waals surface area contributed by atoms with Crippen LogP contribution in [0.1, 0.15) is 24.8 Å². The smallest absolute Gasteiger partial charge is 0.411 e. The van der Waals surface area contributed by atoms with Gasteiger partial charge in [0.25, 0.3) is 0 Å². The highest BCUT2D eigenvalue weighted by atomic mass is 35.5. The minimum Gasteiger partial charge on any atom is -0.481 e. The first-order valence-electron chi connectivity index (χ1n) is 10.7. The van der Waals surface area contributed by atoms with E-state index in [0.717, 1.165) is 29.5 Å². The summed E-state index contributed by atoms with van der Waals surface area (Å²) in [7, 11) is 2.12. The molecule has 5 rings (SSSR count). The average Bonchev–Trinajstić information content (AvgIpc) is 3.51. The van der Waals surface area contributed by atoms with Gasteiger partial charge < -0.3 is 14.6 Å². The monoisotopic (exact) mass is 458 g/mol. The number of anilines is 1. The normalized spacial score (nSPS) is 27.7. The van der Waals surface area contributed by atoms with Gasteiger partial charge in [0.1, 0.15) is 18.3 Å². The Hall–Kier alpha value is -2.61. The quantitative estimate of drug-likeness (QED) is 0.637. The van der Waals surface area contributed by atoms with Crippen molar-refractivity contribution in [2.45, 2.75) is 56.1 Å². The number of carbonyl (C=O) groups excluding carboxylic acids is 1. The second-order valence-electron chi connectivity index (χ2n) is 8.63. The molecule has 8 heteroatoms. The lowest BCUT2D eigenvalue weighted by Gasteiger charge is -2.37. The molecule has 5 atom stereocenters. The summed E-state index contributed by atoms with van der Waals surface area (Å²) in [5.41, 5.74) is 3.32. The number of aryl methyl sites for hydroxylation is 1. The number of rotatable bonds is 6. The van der Waals surface area contributed by atoms with Crippen molar-refractivity contribution in [1.82, 2.24) is 4.90 Å². The van der Waals surface area contributed by atoms with Gasteiger partial charge in [0, 0.05) is 36.9 Å². The SMILES string of the molecule is CN1[C@@H]2CC(OC(=O)Nc3cc(CCC(=O)O)ccc3-c3ccccc3)C[C@H]1[C@@H]1O[C@@H]12.Cl. The Morgan fingerprint density at radius 1 is 1.12 bits per heavy atom. The molecule has 0 aromatic heterocycles. The summed E-state index contributed by atoms with van der Waals surface area (Å²) in [5.74, 6) is -0.847. The number of halogens is 1. The fourth-order valence-corrected chi connectivity index (χ4v) is 5.06. The number of fused-ring (bicyclic) bond motifs is 5. The number of aliphatic carboxylic acids is 1. The zero-order valence-electron chi connectivity index (χ0n) is 17.8. The number of nitrogens with one attached hydrogen (secondary N) is 1. The van der Waals surface area contributed by atoms with Gasteiger partial charge in [0.05, 0.1) is 5.69 Å². The van der Waals surface area contributed by atoms with Crippen LogP contribution in [0.2, 0.25) is 0 Å². The molecule has 2 bridgehead atoms. The molecule has 3 aliphatic heterocycles. The van der Waals surface area contributed by atoms with Crippen LogP contribution in [-0.2, 0) is 20.7 Å². The van der Waals surface area contributed by atoms with Gasteiger partial charge in [0.2, 0.25) is 0 Å². The number of epoxide rings is 1. The molecule has 170 valence electrons. The van der Waals surface area contributed by atoms with Crippen LogP contribution >= 0.6 is 12.4 Å². The van der Waals surface area contributed by atoms with Crippen molar-refractivity contribution in [2.75, 3.05) is 12.4 Å². The molecule has 2 aromatic rings. The molecule has 3 aliphatic rings. The van der Waals surface area contributed by atoms with Crippen molar-refractivity contribution >= 4 is 30.2 Å². The molecule has 3 fully saturated rings. The van der Waals surface area contributed by atoms with Crippen LogP contribution in [0.15, 0.2) is 48.5 Å². The predicted molar refractivity (Wildman–Crippen MR) is 122 cm³/mol. The van der Waals surface area contributed by atoms with E-state index in [9.17, 15) is 9.59 Å². The topological polar surface area (TPSA) is 91.4 Å². The van der Waals surface area contributed by atoms with Crippen LogP contribution in [0, 0.1) is 0 Å². The number of carboxylic acid groups (broad SMARTS) is 1. The molecule has 3 heterocycles. The predicted octanol–water partition coefficient (Wildman–Crippen LogP) is 3.95. The molecular formula is C24H27ClN2O5. The largest absolute Gasteiger partial charge is 0.481 e. The van der Waals surface area contributed by atoms with Gasteiger partial charge in [0.15, 0.2) is 0 Å². The number of carbonyl (C=O) groups is 2. The Morgan fingerprint density at radius 3 is 2.47 bits per heavy atom. The molecule has 0 spiro atoms. The molecule has 0 saturated carbocycles. The van der Waals surface area contributed by atoms with E-state index >= 15 is 0 Å². The maximum Gasteiger partial charge on any atom is 0.411 e. The maximum absolute atomic E-state index is 12.8. The highest BCUT2D eigenvalue weighted by Gasteiger charge is 2.62. The lowest BCUT2D eigenvalue weighted by atomic mass is 9.99. The van der Waals surface area contributed by atoms with Crippen LogP contribution in [0.3, 0.4) is 0 Å². The number of ether oxygens (including phenoxy) is 2. The van der Waals surface area contributed by atoms with E-state index in [0.29, 0.717) is 36.4 Å². The lowest BCUT2D eigenvalue weighted by molar-refractivity contribution is -0.136. The van der Waals surface area contributed by atoms with Crippen LogP contribution in [0.5, 0.6) is 0 Å². The van der Waals surface area contributed by atoms with Crippen molar-refractivity contribution in [3.05, 3.63) is 54.1 Å². The Labute approximate surface area is 193 Å². The molecular weight excluding hydrogens is 432 g/mol. The van der Waals surface area contributed by atoms with Crippen LogP contribution < -0.4 is 5.32 Å². The maximum atomic E-state index is 12.8. The van der Waals surface area contributed by atoms with Crippen molar-refractivity contribution in [1.29, 1.82) is 0 Å². The summed E-state index contributed by atoms with van der Waals surface area (Å²) >= 11 is 0. The lowest BCUT2D eigenvalue weighted by Crippen LogP contribution is -2.48. The summed E-state index contributed by atoms with van der Waals surface area (Å²) in [4.78, 5) is 26.1. The van der Waals surface area contributed by atoms with E-state index in [1.165, 1.54) is 0 Å². The standard InChI is InChI=1S/C24H26N2O5.ClH/c1-26-19-12-16(13-20(26)23-22(19)31-23)30-24(29)25-18-11-14(8-10-21(27)28)7-9-17(18)15-5-3-2-4-6-15;/h2-7,9,11,16,19-20,22-23H,8,10,12-13H2,1H3,(H,25,29)(H,27,28);1H/t16?,19-,20+,22-,23+;. The Balaban J connectivity index is 0.00000245. The molecule has 2 aromatic carbocycles. The zero-order valence-corrected chi connectivity index (χ0v) is 18.6. The average molecular weight is 459 g/mol. The van der Waals surface area contributed by atoms with E-state index in [-0.39, 0.29) is 24.9 Å². The summed E-state index contributed by atoms with van der Waals surface area (Å²) in [5, 5.41) is 11.9. The number of amides is 1. The molecule has 1 unspecified atom stereocenters. The second-order valence-corrected chi connectivity index (χ2v) is 8.63. The third kappa shape index (κ3) is 4.46. The minimum absolute atomic E-state index is 0. The summed E-state index contributed by atoms with van der Waals surface area (Å²) in [6, 6.07) is 16.1. The molecule has 32 heavy (non-hydrogen) atoms. The first-order valence-corrected chi connectivity index (χ1v) is 10.7. The number of hydrogen-bond acceptors (Lipinski definition) is 5. The minimum atomic E-state index is -0.847. The first-order chi connectivity index (χ1) is 15.0. The van der Waals surface area contributed by atoms with E-state index in [4.69, 9.17) is 14.6 Å². The Morgan fingerprint density at radius 2 is 1.81 bits per heavy atom. The van der Waals surface area contributed by atoms with Crippen molar-refractivity contribution in [3.8, 4) is 11.1 Å². The van der Waals surface area contributed by atoms with Gasteiger partial charge in [-0.15, -0.1) is 12.4 Å². The Kier molecular flexibility index (Phi) is 6.42. The summed E-state index contributed by atoms with van der Waals surface area (Å²) < 4.78 is 11.5.